The van der Waals surface area contributed by atoms with Crippen LogP contribution in [0.4, 0.5) is 4.39 Å². The number of hydrogen-bond donors (Lipinski definition) is 0. The third kappa shape index (κ3) is 2.23. The number of halogens is 2. The van der Waals surface area contributed by atoms with Crippen LogP contribution in [0, 0.1) is 12.7 Å². The van der Waals surface area contributed by atoms with Crippen molar-refractivity contribution in [1.29, 1.82) is 0 Å². The Bertz CT molecular complexity index is 548. The van der Waals surface area contributed by atoms with E-state index in [-0.39, 0.29) is 5.78 Å². The quantitative estimate of drug-likeness (QED) is 0.760. The molecular weight excluding hydrogens is 291 g/mol. The number of hydrogen-bond acceptors (Lipinski definition) is 2. The molecule has 2 rings (SSSR count). The summed E-state index contributed by atoms with van der Waals surface area (Å²) in [6.45, 7) is 1.93. The molecule has 0 aliphatic rings. The van der Waals surface area contributed by atoms with Crippen LogP contribution in [0.25, 0.3) is 0 Å². The first kappa shape index (κ1) is 11.5. The van der Waals surface area contributed by atoms with E-state index in [1.165, 1.54) is 17.4 Å². The predicted octanol–water partition coefficient (Wildman–Crippen LogP) is 4.19. The van der Waals surface area contributed by atoms with E-state index in [0.29, 0.717) is 15.6 Å². The minimum atomic E-state index is -0.419. The predicted molar refractivity (Wildman–Crippen MR) is 66.6 cm³/mol. The molecule has 4 heteroatoms. The Morgan fingerprint density at radius 3 is 2.62 bits per heavy atom. The lowest BCUT2D eigenvalue weighted by molar-refractivity contribution is 0.103. The van der Waals surface area contributed by atoms with Crippen LogP contribution in [-0.2, 0) is 0 Å². The summed E-state index contributed by atoms with van der Waals surface area (Å²) in [7, 11) is 0. The number of benzene rings is 1. The summed E-state index contributed by atoms with van der Waals surface area (Å²) in [6, 6.07) is 6.22. The molecule has 0 saturated carbocycles. The number of carbonyl (C=O) groups excluding carboxylic acids is 1. The van der Waals surface area contributed by atoms with Gasteiger partial charge in [0.2, 0.25) is 0 Å². The van der Waals surface area contributed by atoms with Gasteiger partial charge in [-0.05, 0) is 47.1 Å². The Morgan fingerprint density at radius 2 is 2.06 bits per heavy atom. The maximum absolute atomic E-state index is 13.3. The maximum Gasteiger partial charge on any atom is 0.193 e. The van der Waals surface area contributed by atoms with Crippen molar-refractivity contribution in [3.63, 3.8) is 0 Å². The summed E-state index contributed by atoms with van der Waals surface area (Å²) in [6.07, 6.45) is 0. The first-order valence-electron chi connectivity index (χ1n) is 4.63. The smallest absolute Gasteiger partial charge is 0.193 e. The largest absolute Gasteiger partial charge is 0.289 e. The van der Waals surface area contributed by atoms with Crippen LogP contribution in [0.3, 0.4) is 0 Å². The SMILES string of the molecule is Cc1cc(C(=O)c2ccc(Br)c(F)c2)cs1. The molecule has 0 fully saturated rings. The van der Waals surface area contributed by atoms with Crippen molar-refractivity contribution >= 4 is 33.0 Å². The third-order valence-electron chi connectivity index (χ3n) is 2.17. The number of thiophene rings is 1. The first-order valence-corrected chi connectivity index (χ1v) is 6.30. The fourth-order valence-electron chi connectivity index (χ4n) is 1.37. The molecule has 0 aliphatic carbocycles. The number of carbonyl (C=O) groups is 1. The van der Waals surface area contributed by atoms with Gasteiger partial charge < -0.3 is 0 Å². The fraction of sp³-hybridized carbons (Fsp3) is 0.0833. The molecule has 0 atom stereocenters. The standard InChI is InChI=1S/C12H8BrFOS/c1-7-4-9(6-16-7)12(15)8-2-3-10(13)11(14)5-8/h2-6H,1H3. The second-order valence-electron chi connectivity index (χ2n) is 3.40. The Balaban J connectivity index is 2.38. The third-order valence-corrected chi connectivity index (χ3v) is 3.68. The topological polar surface area (TPSA) is 17.1 Å². The first-order chi connectivity index (χ1) is 7.58. The van der Waals surface area contributed by atoms with Gasteiger partial charge in [0.1, 0.15) is 5.82 Å². The van der Waals surface area contributed by atoms with E-state index in [1.54, 1.807) is 17.5 Å². The normalized spacial score (nSPS) is 10.4. The van der Waals surface area contributed by atoms with E-state index in [2.05, 4.69) is 15.9 Å². The summed E-state index contributed by atoms with van der Waals surface area (Å²) in [5.41, 5.74) is 0.989. The van der Waals surface area contributed by atoms with E-state index in [4.69, 9.17) is 0 Å². The molecule has 0 spiro atoms. The van der Waals surface area contributed by atoms with Crippen molar-refractivity contribution in [2.75, 3.05) is 0 Å². The Morgan fingerprint density at radius 1 is 1.31 bits per heavy atom. The molecule has 1 aromatic carbocycles. The van der Waals surface area contributed by atoms with Crippen LogP contribution >= 0.6 is 27.3 Å². The summed E-state index contributed by atoms with van der Waals surface area (Å²) < 4.78 is 13.6. The van der Waals surface area contributed by atoms with Crippen molar-refractivity contribution in [3.05, 3.63) is 55.9 Å². The van der Waals surface area contributed by atoms with Crippen LogP contribution in [0.1, 0.15) is 20.8 Å². The number of rotatable bonds is 2. The zero-order chi connectivity index (χ0) is 11.7. The maximum atomic E-state index is 13.3. The monoisotopic (exact) mass is 298 g/mol. The molecule has 82 valence electrons. The van der Waals surface area contributed by atoms with Crippen molar-refractivity contribution in [3.8, 4) is 0 Å². The van der Waals surface area contributed by atoms with Gasteiger partial charge in [-0.3, -0.25) is 4.79 Å². The van der Waals surface area contributed by atoms with Gasteiger partial charge in [-0.2, -0.15) is 0 Å². The summed E-state index contributed by atoms with van der Waals surface area (Å²) in [5, 5.41) is 1.79. The van der Waals surface area contributed by atoms with Gasteiger partial charge in [0, 0.05) is 21.4 Å². The van der Waals surface area contributed by atoms with E-state index < -0.39 is 5.82 Å². The van der Waals surface area contributed by atoms with Crippen molar-refractivity contribution in [1.82, 2.24) is 0 Å². The Hall–Kier alpha value is -1.000. The van der Waals surface area contributed by atoms with Gasteiger partial charge in [-0.25, -0.2) is 4.39 Å². The molecule has 0 aliphatic heterocycles. The van der Waals surface area contributed by atoms with Gasteiger partial charge in [0.15, 0.2) is 5.78 Å². The van der Waals surface area contributed by atoms with Crippen molar-refractivity contribution in [2.24, 2.45) is 0 Å². The van der Waals surface area contributed by atoms with Crippen LogP contribution in [-0.4, -0.2) is 5.78 Å². The van der Waals surface area contributed by atoms with E-state index in [9.17, 15) is 9.18 Å². The number of aryl methyl sites for hydroxylation is 1. The van der Waals surface area contributed by atoms with Gasteiger partial charge in [0.25, 0.3) is 0 Å². The average Bonchev–Trinajstić information content (AvgIpc) is 2.68. The van der Waals surface area contributed by atoms with Gasteiger partial charge >= 0.3 is 0 Å². The highest BCUT2D eigenvalue weighted by Crippen LogP contribution is 2.21. The molecule has 0 unspecified atom stereocenters. The number of ketones is 1. The highest BCUT2D eigenvalue weighted by molar-refractivity contribution is 9.10. The molecule has 0 saturated heterocycles. The second-order valence-corrected chi connectivity index (χ2v) is 5.37. The minimum Gasteiger partial charge on any atom is -0.289 e. The lowest BCUT2D eigenvalue weighted by Crippen LogP contribution is -2.00. The van der Waals surface area contributed by atoms with E-state index in [1.807, 2.05) is 13.0 Å². The Kier molecular flexibility index (Phi) is 3.21. The summed E-state index contributed by atoms with van der Waals surface area (Å²) in [4.78, 5) is 13.0. The molecule has 0 amide bonds. The fourth-order valence-corrected chi connectivity index (χ4v) is 2.30. The van der Waals surface area contributed by atoms with Crippen LogP contribution in [0.5, 0.6) is 0 Å². The lowest BCUT2D eigenvalue weighted by atomic mass is 10.1. The molecule has 16 heavy (non-hydrogen) atoms. The molecule has 1 aromatic heterocycles. The highest BCUT2D eigenvalue weighted by atomic mass is 79.9. The molecule has 2 aromatic rings. The zero-order valence-electron chi connectivity index (χ0n) is 8.46. The zero-order valence-corrected chi connectivity index (χ0v) is 10.9. The molecule has 1 nitrogen and oxygen atoms in total. The van der Waals surface area contributed by atoms with Gasteiger partial charge in [-0.15, -0.1) is 11.3 Å². The second kappa shape index (κ2) is 4.47. The molecule has 0 N–H and O–H groups in total. The van der Waals surface area contributed by atoms with Gasteiger partial charge in [-0.1, -0.05) is 0 Å². The van der Waals surface area contributed by atoms with Crippen LogP contribution in [0.2, 0.25) is 0 Å². The summed E-state index contributed by atoms with van der Waals surface area (Å²) >= 11 is 4.57. The molecular formula is C12H8BrFOS. The average molecular weight is 299 g/mol. The lowest BCUT2D eigenvalue weighted by Gasteiger charge is -2.00. The molecule has 0 bridgehead atoms. The summed E-state index contributed by atoms with van der Waals surface area (Å²) in [5.74, 6) is -0.562. The minimum absolute atomic E-state index is 0.143. The Labute approximate surface area is 105 Å². The van der Waals surface area contributed by atoms with Crippen molar-refractivity contribution in [2.45, 2.75) is 6.92 Å². The van der Waals surface area contributed by atoms with Crippen molar-refractivity contribution < 1.29 is 9.18 Å². The highest BCUT2D eigenvalue weighted by Gasteiger charge is 2.12. The van der Waals surface area contributed by atoms with Gasteiger partial charge in [0.05, 0.1) is 4.47 Å². The van der Waals surface area contributed by atoms with Crippen LogP contribution in [0.15, 0.2) is 34.1 Å². The molecule has 1 heterocycles. The van der Waals surface area contributed by atoms with E-state index >= 15 is 0 Å². The van der Waals surface area contributed by atoms with E-state index in [0.717, 1.165) is 4.88 Å². The van der Waals surface area contributed by atoms with Crippen LogP contribution < -0.4 is 0 Å². The molecule has 0 radical (unpaired) electrons.